The quantitative estimate of drug-likeness (QED) is 0.748. The molecule has 0 radical (unpaired) electrons. The number of piperazine rings is 1. The average Bonchev–Trinajstić information content (AvgIpc) is 3.54. The van der Waals surface area contributed by atoms with E-state index in [2.05, 4.69) is 17.0 Å². The van der Waals surface area contributed by atoms with Gasteiger partial charge in [0.2, 0.25) is 10.0 Å². The lowest BCUT2D eigenvalue weighted by Gasteiger charge is -2.40. The molecule has 4 rings (SSSR count). The van der Waals surface area contributed by atoms with Crippen LogP contribution in [0.3, 0.4) is 0 Å². The number of hydrogen-bond donors (Lipinski definition) is 0. The zero-order valence-electron chi connectivity index (χ0n) is 16.4. The van der Waals surface area contributed by atoms with Crippen LogP contribution in [0.2, 0.25) is 0 Å². The molecule has 0 bridgehead atoms. The fourth-order valence-electron chi connectivity index (χ4n) is 3.94. The molecule has 2 aromatic carbocycles. The van der Waals surface area contributed by atoms with Crippen molar-refractivity contribution in [2.24, 2.45) is 0 Å². The summed E-state index contributed by atoms with van der Waals surface area (Å²) in [5, 5.41) is 1.38. The molecule has 1 aliphatic carbocycles. The van der Waals surface area contributed by atoms with Crippen molar-refractivity contribution in [3.8, 4) is 0 Å². The third-order valence-corrected chi connectivity index (χ3v) is 7.29. The highest BCUT2D eigenvalue weighted by molar-refractivity contribution is 7.92. The maximum Gasteiger partial charge on any atom is 0.236 e. The molecular weight excluding hydrogens is 368 g/mol. The average molecular weight is 397 g/mol. The molecule has 4 nitrogen and oxygen atoms in total. The fourth-order valence-corrected chi connectivity index (χ4v) is 5.32. The van der Waals surface area contributed by atoms with E-state index in [0.29, 0.717) is 12.6 Å². The molecule has 1 atom stereocenters. The molecule has 1 unspecified atom stereocenters. The predicted molar refractivity (Wildman–Crippen MR) is 114 cm³/mol. The minimum Gasteiger partial charge on any atom is -0.297 e. The normalized spacial score (nSPS) is 22.0. The number of nitrogens with zero attached hydrogens (tertiary/aromatic N) is 2. The summed E-state index contributed by atoms with van der Waals surface area (Å²) >= 11 is 0. The highest BCUT2D eigenvalue weighted by Gasteiger charge is 2.39. The Hall–Kier alpha value is -1.95. The molecule has 28 heavy (non-hydrogen) atoms. The highest BCUT2D eigenvalue weighted by atomic mass is 32.2. The molecule has 0 aromatic heterocycles. The zero-order valence-corrected chi connectivity index (χ0v) is 17.2. The standard InChI is InChI=1S/C23H28N2O2S/c1-19-7-9-20(10-8-19)13-16-28(26,27)25-15-14-24(22-11-12-22)18-23(25)17-21-5-3-2-4-6-21/h2-10,13,16,22-23H,11-12,14-15,17-18H2,1H3/b16-13+. The summed E-state index contributed by atoms with van der Waals surface area (Å²) in [4.78, 5) is 2.48. The van der Waals surface area contributed by atoms with E-state index in [-0.39, 0.29) is 6.04 Å². The topological polar surface area (TPSA) is 40.6 Å². The summed E-state index contributed by atoms with van der Waals surface area (Å²) in [6.07, 6.45) is 4.96. The second-order valence-corrected chi connectivity index (χ2v) is 9.71. The van der Waals surface area contributed by atoms with Crippen LogP contribution in [0.4, 0.5) is 0 Å². The van der Waals surface area contributed by atoms with Gasteiger partial charge in [0.1, 0.15) is 0 Å². The summed E-state index contributed by atoms with van der Waals surface area (Å²) in [5.41, 5.74) is 3.26. The lowest BCUT2D eigenvalue weighted by Crippen LogP contribution is -2.55. The van der Waals surface area contributed by atoms with Crippen molar-refractivity contribution >= 4 is 16.1 Å². The SMILES string of the molecule is Cc1ccc(/C=C/S(=O)(=O)N2CCN(C3CC3)CC2Cc2ccccc2)cc1. The monoisotopic (exact) mass is 396 g/mol. The van der Waals surface area contributed by atoms with Crippen molar-refractivity contribution in [1.29, 1.82) is 0 Å². The predicted octanol–water partition coefficient (Wildman–Crippen LogP) is 3.69. The number of aryl methyl sites for hydroxylation is 1. The van der Waals surface area contributed by atoms with Crippen molar-refractivity contribution in [2.75, 3.05) is 19.6 Å². The van der Waals surface area contributed by atoms with Gasteiger partial charge in [0.15, 0.2) is 0 Å². The molecule has 148 valence electrons. The van der Waals surface area contributed by atoms with Crippen molar-refractivity contribution in [3.63, 3.8) is 0 Å². The molecular formula is C23H28N2O2S. The molecule has 2 fully saturated rings. The molecule has 1 saturated carbocycles. The van der Waals surface area contributed by atoms with Crippen LogP contribution in [-0.2, 0) is 16.4 Å². The molecule has 2 aromatic rings. The molecule has 0 N–H and O–H groups in total. The minimum atomic E-state index is -3.46. The second kappa shape index (κ2) is 8.19. The summed E-state index contributed by atoms with van der Waals surface area (Å²) in [6, 6.07) is 18.8. The van der Waals surface area contributed by atoms with Gasteiger partial charge in [-0.05, 0) is 43.4 Å². The van der Waals surface area contributed by atoms with Crippen LogP contribution >= 0.6 is 0 Å². The van der Waals surface area contributed by atoms with Crippen LogP contribution in [0, 0.1) is 6.92 Å². The Labute approximate surface area is 168 Å². The van der Waals surface area contributed by atoms with Crippen LogP contribution in [-0.4, -0.2) is 49.3 Å². The first-order valence-corrected chi connectivity index (χ1v) is 11.6. The van der Waals surface area contributed by atoms with E-state index in [1.807, 2.05) is 49.4 Å². The first-order valence-electron chi connectivity index (χ1n) is 10.1. The third-order valence-electron chi connectivity index (χ3n) is 5.67. The van der Waals surface area contributed by atoms with Crippen LogP contribution in [0.15, 0.2) is 60.0 Å². The van der Waals surface area contributed by atoms with Crippen molar-refractivity contribution in [3.05, 3.63) is 76.7 Å². The molecule has 0 spiro atoms. The van der Waals surface area contributed by atoms with Gasteiger partial charge in [-0.15, -0.1) is 0 Å². The van der Waals surface area contributed by atoms with E-state index in [9.17, 15) is 8.42 Å². The molecule has 2 aliphatic rings. The Bertz CT molecular complexity index is 919. The van der Waals surface area contributed by atoms with E-state index < -0.39 is 10.0 Å². The summed E-state index contributed by atoms with van der Waals surface area (Å²) in [6.45, 7) is 4.23. The van der Waals surface area contributed by atoms with Gasteiger partial charge in [-0.25, -0.2) is 8.42 Å². The number of hydrogen-bond acceptors (Lipinski definition) is 3. The number of sulfonamides is 1. The Morgan fingerprint density at radius 3 is 2.39 bits per heavy atom. The summed E-state index contributed by atoms with van der Waals surface area (Å²) < 4.78 is 28.0. The van der Waals surface area contributed by atoms with Gasteiger partial charge in [0.25, 0.3) is 0 Å². The van der Waals surface area contributed by atoms with Gasteiger partial charge in [-0.2, -0.15) is 4.31 Å². The van der Waals surface area contributed by atoms with Crippen molar-refractivity contribution in [1.82, 2.24) is 9.21 Å². The summed E-state index contributed by atoms with van der Waals surface area (Å²) in [5.74, 6) is 0. The molecule has 0 amide bonds. The maximum atomic E-state index is 13.1. The van der Waals surface area contributed by atoms with E-state index in [1.165, 1.54) is 29.4 Å². The maximum absolute atomic E-state index is 13.1. The van der Waals surface area contributed by atoms with Gasteiger partial charge >= 0.3 is 0 Å². The third kappa shape index (κ3) is 4.72. The number of rotatable bonds is 6. The van der Waals surface area contributed by atoms with Gasteiger partial charge in [0, 0.05) is 37.1 Å². The zero-order chi connectivity index (χ0) is 19.6. The first kappa shape index (κ1) is 19.4. The van der Waals surface area contributed by atoms with Crippen molar-refractivity contribution in [2.45, 2.75) is 38.3 Å². The van der Waals surface area contributed by atoms with Crippen LogP contribution in [0.1, 0.15) is 29.5 Å². The second-order valence-electron chi connectivity index (χ2n) is 7.94. The Kier molecular flexibility index (Phi) is 5.67. The Balaban J connectivity index is 1.54. The van der Waals surface area contributed by atoms with Gasteiger partial charge < -0.3 is 0 Å². The van der Waals surface area contributed by atoms with Gasteiger partial charge in [0.05, 0.1) is 0 Å². The smallest absolute Gasteiger partial charge is 0.236 e. The van der Waals surface area contributed by atoms with Crippen LogP contribution in [0.5, 0.6) is 0 Å². The lowest BCUT2D eigenvalue weighted by atomic mass is 10.0. The Morgan fingerprint density at radius 2 is 1.71 bits per heavy atom. The van der Waals surface area contributed by atoms with Crippen molar-refractivity contribution < 1.29 is 8.42 Å². The van der Waals surface area contributed by atoms with Gasteiger partial charge in [-0.1, -0.05) is 60.2 Å². The van der Waals surface area contributed by atoms with E-state index in [4.69, 9.17) is 0 Å². The van der Waals surface area contributed by atoms with Crippen LogP contribution < -0.4 is 0 Å². The molecule has 1 saturated heterocycles. The van der Waals surface area contributed by atoms with E-state index in [0.717, 1.165) is 25.1 Å². The van der Waals surface area contributed by atoms with E-state index in [1.54, 1.807) is 10.4 Å². The van der Waals surface area contributed by atoms with Crippen LogP contribution in [0.25, 0.3) is 6.08 Å². The lowest BCUT2D eigenvalue weighted by molar-refractivity contribution is 0.129. The fraction of sp³-hybridized carbons (Fsp3) is 0.391. The molecule has 1 aliphatic heterocycles. The minimum absolute atomic E-state index is 0.0237. The first-order chi connectivity index (χ1) is 13.5. The summed E-state index contributed by atoms with van der Waals surface area (Å²) in [7, 11) is -3.46. The Morgan fingerprint density at radius 1 is 1.00 bits per heavy atom. The largest absolute Gasteiger partial charge is 0.297 e. The highest BCUT2D eigenvalue weighted by Crippen LogP contribution is 2.30. The van der Waals surface area contributed by atoms with E-state index >= 15 is 0 Å². The number of benzene rings is 2. The molecule has 5 heteroatoms. The molecule has 1 heterocycles. The van der Waals surface area contributed by atoms with Gasteiger partial charge in [-0.3, -0.25) is 4.90 Å².